The molecule has 0 aliphatic heterocycles. The van der Waals surface area contributed by atoms with Crippen LogP contribution in [0.15, 0.2) is 42.6 Å². The third-order valence-corrected chi connectivity index (χ3v) is 4.18. The topological polar surface area (TPSA) is 55.3 Å². The molecule has 0 radical (unpaired) electrons. The van der Waals surface area contributed by atoms with Crippen molar-refractivity contribution >= 4 is 32.6 Å². The third kappa shape index (κ3) is 2.57. The summed E-state index contributed by atoms with van der Waals surface area (Å²) in [6, 6.07) is 11.2. The molecule has 3 rings (SSSR count). The standard InChI is InChI=1S/C15H13N3O2S/c1-18(14(19)10-7-8-13(20-2)16-9-10)15-17-11-5-3-4-6-12(11)21-15/h3-9H,1-2H3. The number of benzene rings is 1. The van der Waals surface area contributed by atoms with Crippen LogP contribution < -0.4 is 9.64 Å². The predicted octanol–water partition coefficient (Wildman–Crippen LogP) is 2.98. The summed E-state index contributed by atoms with van der Waals surface area (Å²) in [5, 5.41) is 0.664. The lowest BCUT2D eigenvalue weighted by molar-refractivity contribution is 0.0992. The SMILES string of the molecule is COc1ccc(C(=O)N(C)c2nc3ccccc3s2)cn1. The molecule has 2 heterocycles. The molecule has 0 fully saturated rings. The fourth-order valence-electron chi connectivity index (χ4n) is 1.91. The highest BCUT2D eigenvalue weighted by molar-refractivity contribution is 7.22. The largest absolute Gasteiger partial charge is 0.481 e. The van der Waals surface area contributed by atoms with Gasteiger partial charge in [-0.25, -0.2) is 9.97 Å². The van der Waals surface area contributed by atoms with Crippen LogP contribution in [0.2, 0.25) is 0 Å². The summed E-state index contributed by atoms with van der Waals surface area (Å²) >= 11 is 1.48. The van der Waals surface area contributed by atoms with Crippen molar-refractivity contribution in [2.45, 2.75) is 0 Å². The Kier molecular flexibility index (Phi) is 3.53. The molecule has 6 heteroatoms. The number of methoxy groups -OCH3 is 1. The number of nitrogens with zero attached hydrogens (tertiary/aromatic N) is 3. The van der Waals surface area contributed by atoms with Crippen molar-refractivity contribution in [1.82, 2.24) is 9.97 Å². The van der Waals surface area contributed by atoms with Gasteiger partial charge in [0.1, 0.15) is 0 Å². The van der Waals surface area contributed by atoms with Crippen LogP contribution in [0.4, 0.5) is 5.13 Å². The number of aromatic nitrogens is 2. The second-order valence-electron chi connectivity index (χ2n) is 4.42. The number of hydrogen-bond acceptors (Lipinski definition) is 5. The summed E-state index contributed by atoms with van der Waals surface area (Å²) in [4.78, 5) is 22.5. The van der Waals surface area contributed by atoms with Crippen molar-refractivity contribution in [2.75, 3.05) is 19.1 Å². The molecule has 106 valence electrons. The minimum atomic E-state index is -0.149. The number of para-hydroxylation sites is 1. The van der Waals surface area contributed by atoms with Crippen molar-refractivity contribution in [3.63, 3.8) is 0 Å². The number of fused-ring (bicyclic) bond motifs is 1. The molecule has 0 N–H and O–H groups in total. The van der Waals surface area contributed by atoms with E-state index in [1.165, 1.54) is 29.5 Å². The van der Waals surface area contributed by atoms with Crippen LogP contribution in [0.3, 0.4) is 0 Å². The molecule has 0 atom stereocenters. The van der Waals surface area contributed by atoms with Gasteiger partial charge in [0.2, 0.25) is 5.88 Å². The van der Waals surface area contributed by atoms with Gasteiger partial charge < -0.3 is 4.74 Å². The zero-order chi connectivity index (χ0) is 14.8. The first-order valence-electron chi connectivity index (χ1n) is 6.32. The van der Waals surface area contributed by atoms with E-state index in [0.29, 0.717) is 16.6 Å². The van der Waals surface area contributed by atoms with E-state index >= 15 is 0 Å². The third-order valence-electron chi connectivity index (χ3n) is 3.07. The van der Waals surface area contributed by atoms with Crippen LogP contribution in [0.25, 0.3) is 10.2 Å². The highest BCUT2D eigenvalue weighted by Crippen LogP contribution is 2.28. The van der Waals surface area contributed by atoms with Crippen molar-refractivity contribution in [3.8, 4) is 5.88 Å². The molecule has 0 unspecified atom stereocenters. The summed E-state index contributed by atoms with van der Waals surface area (Å²) in [5.74, 6) is 0.332. The summed E-state index contributed by atoms with van der Waals surface area (Å²) in [6.07, 6.45) is 1.50. The van der Waals surface area contributed by atoms with Gasteiger partial charge in [0, 0.05) is 19.3 Å². The Labute approximate surface area is 125 Å². The lowest BCUT2D eigenvalue weighted by Crippen LogP contribution is -2.26. The van der Waals surface area contributed by atoms with Gasteiger partial charge in [-0.15, -0.1) is 0 Å². The lowest BCUT2D eigenvalue weighted by atomic mass is 10.2. The van der Waals surface area contributed by atoms with E-state index in [-0.39, 0.29) is 5.91 Å². The lowest BCUT2D eigenvalue weighted by Gasteiger charge is -2.13. The Morgan fingerprint density at radius 3 is 2.71 bits per heavy atom. The molecule has 0 spiro atoms. The van der Waals surface area contributed by atoms with Crippen LogP contribution in [0.1, 0.15) is 10.4 Å². The van der Waals surface area contributed by atoms with Gasteiger partial charge in [0.25, 0.3) is 5.91 Å². The highest BCUT2D eigenvalue weighted by atomic mass is 32.1. The molecule has 21 heavy (non-hydrogen) atoms. The maximum absolute atomic E-state index is 12.4. The molecule has 1 amide bonds. The second-order valence-corrected chi connectivity index (χ2v) is 5.43. The first-order chi connectivity index (χ1) is 10.2. The first kappa shape index (κ1) is 13.5. The van der Waals surface area contributed by atoms with Crippen molar-refractivity contribution in [2.24, 2.45) is 0 Å². The first-order valence-corrected chi connectivity index (χ1v) is 7.14. The van der Waals surface area contributed by atoms with Gasteiger partial charge in [-0.3, -0.25) is 9.69 Å². The summed E-state index contributed by atoms with van der Waals surface area (Å²) in [6.45, 7) is 0. The molecule has 0 saturated heterocycles. The number of ether oxygens (including phenoxy) is 1. The number of thiazole rings is 1. The molecule has 3 aromatic rings. The average Bonchev–Trinajstić information content (AvgIpc) is 2.97. The van der Waals surface area contributed by atoms with Crippen molar-refractivity contribution < 1.29 is 9.53 Å². The van der Waals surface area contributed by atoms with Gasteiger partial charge in [-0.1, -0.05) is 23.5 Å². The van der Waals surface area contributed by atoms with Crippen molar-refractivity contribution in [3.05, 3.63) is 48.2 Å². The zero-order valence-electron chi connectivity index (χ0n) is 11.6. The maximum atomic E-state index is 12.4. The summed E-state index contributed by atoms with van der Waals surface area (Å²) in [5.41, 5.74) is 1.39. The Balaban J connectivity index is 1.89. The Hall–Kier alpha value is -2.47. The van der Waals surface area contributed by atoms with Gasteiger partial charge >= 0.3 is 0 Å². The number of carbonyl (C=O) groups is 1. The molecule has 0 saturated carbocycles. The van der Waals surface area contributed by atoms with E-state index in [0.717, 1.165) is 10.2 Å². The Morgan fingerprint density at radius 2 is 2.05 bits per heavy atom. The van der Waals surface area contributed by atoms with E-state index in [4.69, 9.17) is 4.74 Å². The van der Waals surface area contributed by atoms with Gasteiger partial charge in [0.15, 0.2) is 5.13 Å². The van der Waals surface area contributed by atoms with Gasteiger partial charge in [-0.2, -0.15) is 0 Å². The molecule has 1 aromatic carbocycles. The van der Waals surface area contributed by atoms with Gasteiger partial charge in [-0.05, 0) is 18.2 Å². The normalized spacial score (nSPS) is 10.6. The minimum Gasteiger partial charge on any atom is -0.481 e. The van der Waals surface area contributed by atoms with E-state index in [1.807, 2.05) is 24.3 Å². The molecular formula is C15H13N3O2S. The molecule has 0 aliphatic carbocycles. The highest BCUT2D eigenvalue weighted by Gasteiger charge is 2.17. The van der Waals surface area contributed by atoms with Crippen LogP contribution >= 0.6 is 11.3 Å². The molecule has 0 bridgehead atoms. The maximum Gasteiger partial charge on any atom is 0.261 e. The predicted molar refractivity (Wildman–Crippen MR) is 83.1 cm³/mol. The van der Waals surface area contributed by atoms with E-state index < -0.39 is 0 Å². The Bertz CT molecular complexity index is 750. The Morgan fingerprint density at radius 1 is 1.24 bits per heavy atom. The monoisotopic (exact) mass is 299 g/mol. The summed E-state index contributed by atoms with van der Waals surface area (Å²) in [7, 11) is 3.25. The van der Waals surface area contributed by atoms with E-state index in [1.54, 1.807) is 19.2 Å². The number of carbonyl (C=O) groups excluding carboxylic acids is 1. The number of pyridine rings is 1. The van der Waals surface area contributed by atoms with Crippen LogP contribution in [0, 0.1) is 0 Å². The average molecular weight is 299 g/mol. The quantitative estimate of drug-likeness (QED) is 0.746. The fraction of sp³-hybridized carbons (Fsp3) is 0.133. The van der Waals surface area contributed by atoms with Crippen molar-refractivity contribution in [1.29, 1.82) is 0 Å². The zero-order valence-corrected chi connectivity index (χ0v) is 12.4. The van der Waals surface area contributed by atoms with E-state index in [2.05, 4.69) is 9.97 Å². The molecule has 5 nitrogen and oxygen atoms in total. The minimum absolute atomic E-state index is 0.149. The second kappa shape index (κ2) is 5.49. The number of hydrogen-bond donors (Lipinski definition) is 0. The molecule has 0 aliphatic rings. The molecular weight excluding hydrogens is 286 g/mol. The van der Waals surface area contributed by atoms with Crippen LogP contribution in [0.5, 0.6) is 5.88 Å². The number of anilines is 1. The van der Waals surface area contributed by atoms with Crippen LogP contribution in [-0.2, 0) is 0 Å². The summed E-state index contributed by atoms with van der Waals surface area (Å²) < 4.78 is 6.04. The number of rotatable bonds is 3. The van der Waals surface area contributed by atoms with Crippen LogP contribution in [-0.4, -0.2) is 30.0 Å². The molecule has 2 aromatic heterocycles. The number of amides is 1. The van der Waals surface area contributed by atoms with E-state index in [9.17, 15) is 4.79 Å². The fourth-order valence-corrected chi connectivity index (χ4v) is 2.84. The van der Waals surface area contributed by atoms with Gasteiger partial charge in [0.05, 0.1) is 22.9 Å². The smallest absolute Gasteiger partial charge is 0.261 e.